The van der Waals surface area contributed by atoms with Crippen LogP contribution in [-0.2, 0) is 4.79 Å². The van der Waals surface area contributed by atoms with Gasteiger partial charge in [0.2, 0.25) is 0 Å². The maximum atomic E-state index is 12.4. The summed E-state index contributed by atoms with van der Waals surface area (Å²) in [6.45, 7) is 4.44. The fraction of sp³-hybridized carbons (Fsp3) is 0.737. The van der Waals surface area contributed by atoms with E-state index in [1.54, 1.807) is 6.08 Å². The number of aliphatic hydroxyl groups is 2. The van der Waals surface area contributed by atoms with Gasteiger partial charge >= 0.3 is 0 Å². The number of carbonyl (C=O) groups is 1. The molecule has 2 unspecified atom stereocenters. The highest BCUT2D eigenvalue weighted by Crippen LogP contribution is 2.63. The van der Waals surface area contributed by atoms with Crippen LogP contribution in [0.1, 0.15) is 39.5 Å². The van der Waals surface area contributed by atoms with Crippen LogP contribution in [0, 0.1) is 34.5 Å². The highest BCUT2D eigenvalue weighted by molar-refractivity contribution is 5.90. The van der Waals surface area contributed by atoms with Gasteiger partial charge in [0.1, 0.15) is 6.10 Å². The van der Waals surface area contributed by atoms with Crippen LogP contribution in [0.5, 0.6) is 0 Å². The van der Waals surface area contributed by atoms with Crippen molar-refractivity contribution in [3.63, 3.8) is 0 Å². The molecule has 120 valence electrons. The molecule has 3 heteroatoms. The van der Waals surface area contributed by atoms with E-state index in [9.17, 15) is 15.0 Å². The van der Waals surface area contributed by atoms with E-state index in [2.05, 4.69) is 26.0 Å². The van der Waals surface area contributed by atoms with Crippen molar-refractivity contribution in [1.82, 2.24) is 0 Å². The molecule has 0 spiro atoms. The van der Waals surface area contributed by atoms with Gasteiger partial charge in [-0.2, -0.15) is 0 Å². The topological polar surface area (TPSA) is 57.5 Å². The molecule has 8 atom stereocenters. The van der Waals surface area contributed by atoms with Gasteiger partial charge < -0.3 is 10.2 Å². The molecular weight excluding hydrogens is 276 g/mol. The van der Waals surface area contributed by atoms with E-state index in [1.165, 1.54) is 0 Å². The Morgan fingerprint density at radius 2 is 1.82 bits per heavy atom. The molecule has 0 aliphatic heterocycles. The number of ketones is 1. The second kappa shape index (κ2) is 4.55. The molecule has 2 N–H and O–H groups in total. The quantitative estimate of drug-likeness (QED) is 0.676. The van der Waals surface area contributed by atoms with E-state index in [0.717, 1.165) is 25.7 Å². The minimum absolute atomic E-state index is 0.0383. The van der Waals surface area contributed by atoms with Crippen molar-refractivity contribution in [3.05, 3.63) is 24.3 Å². The Bertz CT molecular complexity index is 565. The highest BCUT2D eigenvalue weighted by Gasteiger charge is 2.59. The van der Waals surface area contributed by atoms with Crippen molar-refractivity contribution in [3.8, 4) is 0 Å². The van der Waals surface area contributed by atoms with Crippen LogP contribution in [0.3, 0.4) is 0 Å². The summed E-state index contributed by atoms with van der Waals surface area (Å²) < 4.78 is 0. The Hall–Kier alpha value is -0.930. The van der Waals surface area contributed by atoms with Gasteiger partial charge in [-0.1, -0.05) is 38.2 Å². The smallest absolute Gasteiger partial charge is 0.172 e. The molecular formula is C19H26O3. The maximum absolute atomic E-state index is 12.4. The third-order valence-corrected chi connectivity index (χ3v) is 7.51. The molecule has 0 aromatic carbocycles. The molecule has 22 heavy (non-hydrogen) atoms. The van der Waals surface area contributed by atoms with Crippen LogP contribution in [0.15, 0.2) is 24.3 Å². The van der Waals surface area contributed by atoms with E-state index < -0.39 is 6.10 Å². The first kappa shape index (κ1) is 14.6. The van der Waals surface area contributed by atoms with E-state index in [-0.39, 0.29) is 28.6 Å². The molecule has 0 heterocycles. The molecule has 4 aliphatic rings. The van der Waals surface area contributed by atoms with Gasteiger partial charge in [0.25, 0.3) is 0 Å². The van der Waals surface area contributed by atoms with Crippen molar-refractivity contribution in [1.29, 1.82) is 0 Å². The molecule has 0 saturated heterocycles. The number of allylic oxidation sites excluding steroid dienone is 3. The van der Waals surface area contributed by atoms with Gasteiger partial charge in [-0.15, -0.1) is 0 Å². The minimum Gasteiger partial charge on any atom is -0.393 e. The average Bonchev–Trinajstić information content (AvgIpc) is 2.79. The molecule has 0 amide bonds. The van der Waals surface area contributed by atoms with Gasteiger partial charge in [-0.25, -0.2) is 0 Å². The number of hydrogen-bond acceptors (Lipinski definition) is 3. The summed E-state index contributed by atoms with van der Waals surface area (Å²) in [4.78, 5) is 12.4. The first-order valence-electron chi connectivity index (χ1n) is 8.65. The number of carbonyl (C=O) groups excluding carboxylic acids is 1. The van der Waals surface area contributed by atoms with Crippen LogP contribution >= 0.6 is 0 Å². The monoisotopic (exact) mass is 302 g/mol. The third kappa shape index (κ3) is 1.67. The average molecular weight is 302 g/mol. The van der Waals surface area contributed by atoms with E-state index in [0.29, 0.717) is 17.8 Å². The summed E-state index contributed by atoms with van der Waals surface area (Å²) in [6, 6.07) is 0. The zero-order valence-corrected chi connectivity index (χ0v) is 13.4. The van der Waals surface area contributed by atoms with Crippen molar-refractivity contribution in [2.45, 2.75) is 51.7 Å². The van der Waals surface area contributed by atoms with Gasteiger partial charge in [0, 0.05) is 11.3 Å². The van der Waals surface area contributed by atoms with Crippen molar-refractivity contribution >= 4 is 5.78 Å². The molecule has 0 aromatic rings. The molecule has 0 bridgehead atoms. The SMILES string of the molecule is C[C@]12CC[C@H]3[C@@H](C=CC4C(=O)C(O)C=C[C@@]43C)[C@@H]1CC[C@@H]2O. The zero-order valence-electron chi connectivity index (χ0n) is 13.4. The summed E-state index contributed by atoms with van der Waals surface area (Å²) in [5, 5.41) is 20.3. The lowest BCUT2D eigenvalue weighted by Crippen LogP contribution is -2.53. The number of rotatable bonds is 0. The predicted molar refractivity (Wildman–Crippen MR) is 83.9 cm³/mol. The lowest BCUT2D eigenvalue weighted by Gasteiger charge is -2.56. The molecule has 2 fully saturated rings. The van der Waals surface area contributed by atoms with E-state index in [1.807, 2.05) is 6.08 Å². The number of Topliss-reactive ketones (excluding diaryl/α,β-unsaturated/α-hetero) is 1. The summed E-state index contributed by atoms with van der Waals surface area (Å²) in [6.07, 6.45) is 11.0. The number of aliphatic hydroxyl groups excluding tert-OH is 2. The van der Waals surface area contributed by atoms with Crippen molar-refractivity contribution in [2.24, 2.45) is 34.5 Å². The Morgan fingerprint density at radius 1 is 1.05 bits per heavy atom. The molecule has 4 aliphatic carbocycles. The van der Waals surface area contributed by atoms with Crippen LogP contribution in [0.25, 0.3) is 0 Å². The van der Waals surface area contributed by atoms with Crippen LogP contribution < -0.4 is 0 Å². The Kier molecular flexibility index (Phi) is 3.03. The lowest BCUT2D eigenvalue weighted by molar-refractivity contribution is -0.135. The molecule has 0 aromatic heterocycles. The summed E-state index contributed by atoms with van der Waals surface area (Å²) >= 11 is 0. The fourth-order valence-corrected chi connectivity index (χ4v) is 6.04. The Balaban J connectivity index is 1.74. The van der Waals surface area contributed by atoms with E-state index >= 15 is 0 Å². The van der Waals surface area contributed by atoms with Gasteiger partial charge in [-0.3, -0.25) is 4.79 Å². The normalized spacial score (nSPS) is 56.5. The van der Waals surface area contributed by atoms with Crippen molar-refractivity contribution in [2.75, 3.05) is 0 Å². The van der Waals surface area contributed by atoms with Gasteiger partial charge in [0.15, 0.2) is 5.78 Å². The number of hydrogen-bond donors (Lipinski definition) is 2. The second-order valence-corrected chi connectivity index (χ2v) is 8.36. The fourth-order valence-electron chi connectivity index (χ4n) is 6.04. The minimum atomic E-state index is -0.943. The molecule has 0 radical (unpaired) electrons. The van der Waals surface area contributed by atoms with Crippen LogP contribution in [0.4, 0.5) is 0 Å². The molecule has 2 saturated carbocycles. The second-order valence-electron chi connectivity index (χ2n) is 8.36. The standard InChI is InChI=1S/C19H26O3/c1-18-10-8-15(20)17(22)14(18)4-3-11-12-5-6-16(21)19(12,2)9-7-13(11)18/h3-4,8,10-16,20-21H,5-7,9H2,1-2H3/t11-,12-,13-,14?,15?,16-,18+,19-/m0/s1. The zero-order chi connectivity index (χ0) is 15.7. The maximum Gasteiger partial charge on any atom is 0.172 e. The Morgan fingerprint density at radius 3 is 2.59 bits per heavy atom. The van der Waals surface area contributed by atoms with E-state index in [4.69, 9.17) is 0 Å². The largest absolute Gasteiger partial charge is 0.393 e. The van der Waals surface area contributed by atoms with Gasteiger partial charge in [-0.05, 0) is 48.9 Å². The number of fused-ring (bicyclic) bond motifs is 5. The highest BCUT2D eigenvalue weighted by atomic mass is 16.3. The summed E-state index contributed by atoms with van der Waals surface area (Å²) in [5.74, 6) is 1.16. The van der Waals surface area contributed by atoms with Gasteiger partial charge in [0.05, 0.1) is 6.10 Å². The van der Waals surface area contributed by atoms with Crippen LogP contribution in [0.2, 0.25) is 0 Å². The summed E-state index contributed by atoms with van der Waals surface area (Å²) in [7, 11) is 0. The third-order valence-electron chi connectivity index (χ3n) is 7.51. The lowest BCUT2D eigenvalue weighted by atomic mass is 9.48. The molecule has 4 rings (SSSR count). The predicted octanol–water partition coefficient (Wildman–Crippen LogP) is 2.48. The first-order valence-corrected chi connectivity index (χ1v) is 8.65. The van der Waals surface area contributed by atoms with Crippen LogP contribution in [-0.4, -0.2) is 28.2 Å². The molecule has 3 nitrogen and oxygen atoms in total. The summed E-state index contributed by atoms with van der Waals surface area (Å²) in [5.41, 5.74) is -0.138. The Labute approximate surface area is 132 Å². The first-order chi connectivity index (χ1) is 10.4. The van der Waals surface area contributed by atoms with Crippen molar-refractivity contribution < 1.29 is 15.0 Å².